The number of ether oxygens (including phenoxy) is 1. The van der Waals surface area contributed by atoms with Crippen molar-refractivity contribution in [3.05, 3.63) is 44.8 Å². The monoisotopic (exact) mass is 411 g/mol. The first-order valence-corrected chi connectivity index (χ1v) is 11.5. The lowest BCUT2D eigenvalue weighted by Crippen LogP contribution is -2.38. The van der Waals surface area contributed by atoms with Crippen molar-refractivity contribution in [2.45, 2.75) is 12.5 Å². The number of carbonyl (C=O) groups excluding carboxylic acids is 2. The van der Waals surface area contributed by atoms with Crippen LogP contribution in [0, 0.1) is 0 Å². The molecule has 1 amide bonds. The van der Waals surface area contributed by atoms with Crippen molar-refractivity contribution in [2.24, 2.45) is 0 Å². The summed E-state index contributed by atoms with van der Waals surface area (Å²) in [6, 6.07) is 7.01. The molecule has 1 aliphatic rings. The van der Waals surface area contributed by atoms with Gasteiger partial charge in [-0.05, 0) is 35.4 Å². The van der Waals surface area contributed by atoms with Gasteiger partial charge in [0, 0.05) is 15.8 Å². The molecule has 3 heterocycles. The molecule has 0 radical (unpaired) electrons. The van der Waals surface area contributed by atoms with Gasteiger partial charge in [0.1, 0.15) is 0 Å². The molecule has 3 rings (SSSR count). The lowest BCUT2D eigenvalue weighted by atomic mass is 10.2. The maximum Gasteiger partial charge on any atom is 0.340 e. The Morgan fingerprint density at radius 2 is 2.00 bits per heavy atom. The fourth-order valence-electron chi connectivity index (χ4n) is 2.57. The van der Waals surface area contributed by atoms with Crippen molar-refractivity contribution < 1.29 is 22.7 Å². The number of esters is 1. The van der Waals surface area contributed by atoms with Crippen molar-refractivity contribution in [1.82, 2.24) is 5.32 Å². The molecule has 0 aromatic carbocycles. The van der Waals surface area contributed by atoms with E-state index >= 15 is 0 Å². The van der Waals surface area contributed by atoms with E-state index < -0.39 is 34.4 Å². The van der Waals surface area contributed by atoms with Crippen LogP contribution in [0.4, 0.5) is 0 Å². The Kier molecular flexibility index (Phi) is 5.90. The van der Waals surface area contributed by atoms with E-state index in [0.717, 1.165) is 9.75 Å². The average molecular weight is 412 g/mol. The van der Waals surface area contributed by atoms with Crippen LogP contribution in [-0.4, -0.2) is 44.4 Å². The average Bonchev–Trinajstić information content (AvgIpc) is 3.32. The molecule has 0 saturated carbocycles. The number of hydrogen-bond donors (Lipinski definition) is 1. The normalized spacial score (nSPS) is 19.2. The van der Waals surface area contributed by atoms with Gasteiger partial charge >= 0.3 is 5.97 Å². The zero-order chi connectivity index (χ0) is 18.6. The maximum absolute atomic E-state index is 12.5. The second-order valence-electron chi connectivity index (χ2n) is 5.79. The lowest BCUT2D eigenvalue weighted by molar-refractivity contribution is -0.143. The van der Waals surface area contributed by atoms with Gasteiger partial charge in [-0.3, -0.25) is 4.79 Å². The number of hydrogen-bond acceptors (Lipinski definition) is 7. The third kappa shape index (κ3) is 5.03. The third-order valence-corrected chi connectivity index (χ3v) is 7.26. The Balaban J connectivity index is 1.61. The van der Waals surface area contributed by atoms with Gasteiger partial charge in [-0.1, -0.05) is 12.1 Å². The van der Waals surface area contributed by atoms with Gasteiger partial charge in [0.15, 0.2) is 16.4 Å². The van der Waals surface area contributed by atoms with Crippen LogP contribution in [0.5, 0.6) is 0 Å². The van der Waals surface area contributed by atoms with Gasteiger partial charge < -0.3 is 10.1 Å². The highest BCUT2D eigenvalue weighted by Gasteiger charge is 2.29. The summed E-state index contributed by atoms with van der Waals surface area (Å²) in [5.74, 6) is -1.08. The van der Waals surface area contributed by atoms with E-state index in [1.165, 1.54) is 22.7 Å². The molecule has 138 valence electrons. The number of rotatable bonds is 6. The Bertz CT molecular complexity index is 898. The van der Waals surface area contributed by atoms with Crippen molar-refractivity contribution in [3.8, 4) is 0 Å². The Morgan fingerprint density at radius 3 is 2.62 bits per heavy atom. The van der Waals surface area contributed by atoms with Gasteiger partial charge in [0.05, 0.1) is 17.1 Å². The lowest BCUT2D eigenvalue weighted by Gasteiger charge is -2.11. The van der Waals surface area contributed by atoms with Gasteiger partial charge in [-0.2, -0.15) is 0 Å². The highest BCUT2D eigenvalue weighted by atomic mass is 32.2. The van der Waals surface area contributed by atoms with E-state index in [-0.39, 0.29) is 11.5 Å². The summed E-state index contributed by atoms with van der Waals surface area (Å²) in [7, 11) is -3.07. The smallest absolute Gasteiger partial charge is 0.340 e. The molecule has 9 heteroatoms. The largest absolute Gasteiger partial charge is 0.452 e. The zero-order valence-corrected chi connectivity index (χ0v) is 16.2. The molecule has 1 atom stereocenters. The summed E-state index contributed by atoms with van der Waals surface area (Å²) in [6.45, 7) is -0.442. The predicted octanol–water partition coefficient (Wildman–Crippen LogP) is 2.20. The van der Waals surface area contributed by atoms with E-state index in [4.69, 9.17) is 4.74 Å². The zero-order valence-electron chi connectivity index (χ0n) is 13.7. The van der Waals surface area contributed by atoms with E-state index in [1.54, 1.807) is 6.08 Å². The topological polar surface area (TPSA) is 89.5 Å². The van der Waals surface area contributed by atoms with E-state index in [2.05, 4.69) is 5.32 Å². The summed E-state index contributed by atoms with van der Waals surface area (Å²) < 4.78 is 28.0. The first kappa shape index (κ1) is 18.8. The Hall–Kier alpha value is -1.97. The summed E-state index contributed by atoms with van der Waals surface area (Å²) in [5.41, 5.74) is 0.388. The molecule has 2 aromatic heterocycles. The van der Waals surface area contributed by atoms with Crippen LogP contribution in [-0.2, 0) is 24.2 Å². The number of thiophene rings is 2. The van der Waals surface area contributed by atoms with Gasteiger partial charge in [-0.25, -0.2) is 13.2 Å². The molecule has 0 aliphatic carbocycles. The quantitative estimate of drug-likeness (QED) is 0.581. The number of sulfone groups is 1. The van der Waals surface area contributed by atoms with Crippen molar-refractivity contribution in [1.29, 1.82) is 0 Å². The minimum absolute atomic E-state index is 0.0641. The number of nitrogens with one attached hydrogen (secondary N) is 1. The molecule has 6 nitrogen and oxygen atoms in total. The Labute approximate surface area is 159 Å². The van der Waals surface area contributed by atoms with Gasteiger partial charge in [-0.15, -0.1) is 22.7 Å². The molecule has 1 unspecified atom stereocenters. The predicted molar refractivity (Wildman–Crippen MR) is 103 cm³/mol. The summed E-state index contributed by atoms with van der Waals surface area (Å²) in [4.78, 5) is 26.1. The maximum atomic E-state index is 12.5. The highest BCUT2D eigenvalue weighted by Crippen LogP contribution is 2.25. The van der Waals surface area contributed by atoms with E-state index in [0.29, 0.717) is 12.0 Å². The van der Waals surface area contributed by atoms with Crippen molar-refractivity contribution in [2.75, 3.05) is 18.1 Å². The second-order valence-corrected chi connectivity index (χ2v) is 9.95. The third-order valence-electron chi connectivity index (χ3n) is 3.77. The first-order valence-electron chi connectivity index (χ1n) is 7.89. The first-order chi connectivity index (χ1) is 12.4. The fourth-order valence-corrected chi connectivity index (χ4v) is 5.63. The molecule has 2 aromatic rings. The van der Waals surface area contributed by atoms with Crippen LogP contribution in [0.2, 0.25) is 0 Å². The van der Waals surface area contributed by atoms with Crippen LogP contribution in [0.3, 0.4) is 0 Å². The number of carbonyl (C=O) groups is 2. The van der Waals surface area contributed by atoms with Gasteiger partial charge in [0.2, 0.25) is 0 Å². The van der Waals surface area contributed by atoms with Crippen LogP contribution in [0.1, 0.15) is 16.2 Å². The summed E-state index contributed by atoms with van der Waals surface area (Å²) in [5, 5.41) is 6.37. The molecule has 1 N–H and O–H groups in total. The molecular formula is C17H17NO5S3. The molecule has 1 saturated heterocycles. The Morgan fingerprint density at radius 1 is 1.23 bits per heavy atom. The minimum atomic E-state index is -3.07. The summed E-state index contributed by atoms with van der Waals surface area (Å²) in [6.07, 6.45) is 2.13. The van der Waals surface area contributed by atoms with Crippen LogP contribution in [0.25, 0.3) is 11.6 Å². The van der Waals surface area contributed by atoms with E-state index in [9.17, 15) is 18.0 Å². The molecule has 0 spiro atoms. The van der Waals surface area contributed by atoms with Gasteiger partial charge in [0.25, 0.3) is 5.91 Å². The van der Waals surface area contributed by atoms with Crippen LogP contribution < -0.4 is 5.32 Å². The summed E-state index contributed by atoms with van der Waals surface area (Å²) >= 11 is 2.91. The fraction of sp³-hybridized carbons (Fsp3) is 0.294. The SMILES string of the molecule is O=C(COC(=O)/C(=C/c1cccs1)c1cccs1)NC1CCS(=O)(=O)C1. The van der Waals surface area contributed by atoms with Crippen LogP contribution in [0.15, 0.2) is 35.0 Å². The van der Waals surface area contributed by atoms with Crippen LogP contribution >= 0.6 is 22.7 Å². The molecule has 1 aliphatic heterocycles. The molecule has 26 heavy (non-hydrogen) atoms. The number of amides is 1. The molecule has 1 fully saturated rings. The standard InChI is InChI=1S/C17H17NO5S3/c19-16(18-12-5-8-26(21,22)11-12)10-23-17(20)14(15-4-2-7-25-15)9-13-3-1-6-24-13/h1-4,6-7,9,12H,5,8,10-11H2,(H,18,19)/b14-9+. The van der Waals surface area contributed by atoms with Crippen molar-refractivity contribution in [3.63, 3.8) is 0 Å². The minimum Gasteiger partial charge on any atom is -0.452 e. The highest BCUT2D eigenvalue weighted by molar-refractivity contribution is 7.91. The van der Waals surface area contributed by atoms with E-state index in [1.807, 2.05) is 35.0 Å². The molecule has 0 bridgehead atoms. The molecular weight excluding hydrogens is 394 g/mol. The second kappa shape index (κ2) is 8.15. The van der Waals surface area contributed by atoms with Crippen molar-refractivity contribution >= 4 is 56.0 Å².